The van der Waals surface area contributed by atoms with Gasteiger partial charge in [-0.25, -0.2) is 0 Å². The van der Waals surface area contributed by atoms with Gasteiger partial charge < -0.3 is 9.73 Å². The molecule has 0 saturated carbocycles. The number of benzene rings is 2. The van der Waals surface area contributed by atoms with Crippen LogP contribution in [-0.4, -0.2) is 0 Å². The van der Waals surface area contributed by atoms with E-state index in [1.54, 1.807) is 6.26 Å². The fourth-order valence-corrected chi connectivity index (χ4v) is 1.90. The molecule has 1 heterocycles. The zero-order valence-corrected chi connectivity index (χ0v) is 9.39. The molecular weight excluding hydrogens is 210 g/mol. The van der Waals surface area contributed by atoms with Crippen LogP contribution in [0.4, 0.5) is 5.69 Å². The summed E-state index contributed by atoms with van der Waals surface area (Å²) in [5.41, 5.74) is 1.11. The van der Waals surface area contributed by atoms with Gasteiger partial charge in [0, 0.05) is 5.69 Å². The Morgan fingerprint density at radius 2 is 1.76 bits per heavy atom. The number of hydrogen-bond acceptors (Lipinski definition) is 2. The standard InChI is InChI=1S/C15H13NO/c1-2-5-13-10-14(8-7-12(13)4-1)16-11-15-6-3-9-17-15/h1-10,16H,11H2. The second-order valence-corrected chi connectivity index (χ2v) is 3.99. The van der Waals surface area contributed by atoms with E-state index in [0.29, 0.717) is 6.54 Å². The molecule has 0 amide bonds. The Morgan fingerprint density at radius 3 is 2.59 bits per heavy atom. The van der Waals surface area contributed by atoms with Gasteiger partial charge >= 0.3 is 0 Å². The zero-order valence-electron chi connectivity index (χ0n) is 9.39. The van der Waals surface area contributed by atoms with E-state index >= 15 is 0 Å². The van der Waals surface area contributed by atoms with Crippen molar-refractivity contribution in [3.63, 3.8) is 0 Å². The van der Waals surface area contributed by atoms with Crippen molar-refractivity contribution in [3.8, 4) is 0 Å². The van der Waals surface area contributed by atoms with Crippen LogP contribution in [0, 0.1) is 0 Å². The Kier molecular flexibility index (Phi) is 2.54. The molecule has 0 radical (unpaired) electrons. The van der Waals surface area contributed by atoms with E-state index in [1.165, 1.54) is 10.8 Å². The molecule has 3 aromatic rings. The van der Waals surface area contributed by atoms with Crippen molar-refractivity contribution in [2.75, 3.05) is 5.32 Å². The smallest absolute Gasteiger partial charge is 0.122 e. The average Bonchev–Trinajstić information content (AvgIpc) is 2.89. The summed E-state index contributed by atoms with van der Waals surface area (Å²) in [5.74, 6) is 0.943. The zero-order chi connectivity index (χ0) is 11.5. The largest absolute Gasteiger partial charge is 0.467 e. The van der Waals surface area contributed by atoms with Crippen molar-refractivity contribution >= 4 is 16.5 Å². The van der Waals surface area contributed by atoms with Crippen LogP contribution in [0.25, 0.3) is 10.8 Å². The van der Waals surface area contributed by atoms with Gasteiger partial charge in [0.15, 0.2) is 0 Å². The van der Waals surface area contributed by atoms with Crippen LogP contribution >= 0.6 is 0 Å². The van der Waals surface area contributed by atoms with Gasteiger partial charge in [0.1, 0.15) is 5.76 Å². The van der Waals surface area contributed by atoms with Crippen molar-refractivity contribution in [1.82, 2.24) is 0 Å². The summed E-state index contributed by atoms with van der Waals surface area (Å²) in [6.45, 7) is 0.714. The number of hydrogen-bond donors (Lipinski definition) is 1. The lowest BCUT2D eigenvalue weighted by molar-refractivity contribution is 0.518. The van der Waals surface area contributed by atoms with Crippen LogP contribution in [0.3, 0.4) is 0 Å². The minimum Gasteiger partial charge on any atom is -0.467 e. The van der Waals surface area contributed by atoms with Gasteiger partial charge in [-0.2, -0.15) is 0 Å². The molecule has 0 fully saturated rings. The van der Waals surface area contributed by atoms with Crippen molar-refractivity contribution in [2.24, 2.45) is 0 Å². The molecule has 17 heavy (non-hydrogen) atoms. The number of rotatable bonds is 3. The van der Waals surface area contributed by atoms with Crippen LogP contribution < -0.4 is 5.32 Å². The predicted molar refractivity (Wildman–Crippen MR) is 70.0 cm³/mol. The van der Waals surface area contributed by atoms with E-state index in [-0.39, 0.29) is 0 Å². The molecule has 84 valence electrons. The summed E-state index contributed by atoms with van der Waals surface area (Å²) in [4.78, 5) is 0. The number of fused-ring (bicyclic) bond motifs is 1. The highest BCUT2D eigenvalue weighted by Crippen LogP contribution is 2.19. The lowest BCUT2D eigenvalue weighted by atomic mass is 10.1. The first kappa shape index (κ1) is 9.97. The maximum absolute atomic E-state index is 5.28. The summed E-state index contributed by atoms with van der Waals surface area (Å²) in [5, 5.41) is 5.85. The molecule has 0 bridgehead atoms. The Morgan fingerprint density at radius 1 is 0.882 bits per heavy atom. The fraction of sp³-hybridized carbons (Fsp3) is 0.0667. The second-order valence-electron chi connectivity index (χ2n) is 3.99. The molecule has 1 N–H and O–H groups in total. The van der Waals surface area contributed by atoms with Gasteiger partial charge in [-0.05, 0) is 35.0 Å². The molecule has 0 unspecified atom stereocenters. The van der Waals surface area contributed by atoms with Crippen LogP contribution in [0.15, 0.2) is 65.3 Å². The van der Waals surface area contributed by atoms with E-state index in [2.05, 4.69) is 47.8 Å². The molecule has 2 aromatic carbocycles. The fourth-order valence-electron chi connectivity index (χ4n) is 1.90. The molecule has 0 atom stereocenters. The van der Waals surface area contributed by atoms with E-state index in [4.69, 9.17) is 4.42 Å². The van der Waals surface area contributed by atoms with Gasteiger partial charge in [-0.3, -0.25) is 0 Å². The van der Waals surface area contributed by atoms with Gasteiger partial charge in [0.25, 0.3) is 0 Å². The SMILES string of the molecule is c1coc(CNc2ccc3ccccc3c2)c1. The Hall–Kier alpha value is -2.22. The third kappa shape index (κ3) is 2.16. The highest BCUT2D eigenvalue weighted by atomic mass is 16.3. The summed E-state index contributed by atoms with van der Waals surface area (Å²) >= 11 is 0. The normalized spacial score (nSPS) is 10.6. The van der Waals surface area contributed by atoms with Crippen molar-refractivity contribution in [2.45, 2.75) is 6.54 Å². The van der Waals surface area contributed by atoms with Gasteiger partial charge in [0.2, 0.25) is 0 Å². The Labute approximate surface area is 99.9 Å². The average molecular weight is 223 g/mol. The summed E-state index contributed by atoms with van der Waals surface area (Å²) in [7, 11) is 0. The predicted octanol–water partition coefficient (Wildman–Crippen LogP) is 4.04. The first-order valence-electron chi connectivity index (χ1n) is 5.67. The molecule has 2 heteroatoms. The van der Waals surface area contributed by atoms with Crippen molar-refractivity contribution in [3.05, 3.63) is 66.6 Å². The minimum atomic E-state index is 0.714. The summed E-state index contributed by atoms with van der Waals surface area (Å²) in [6.07, 6.45) is 1.69. The highest BCUT2D eigenvalue weighted by Gasteiger charge is 1.97. The highest BCUT2D eigenvalue weighted by molar-refractivity contribution is 5.85. The number of furan rings is 1. The van der Waals surface area contributed by atoms with Gasteiger partial charge in [0.05, 0.1) is 12.8 Å². The molecule has 0 aliphatic carbocycles. The first-order chi connectivity index (χ1) is 8.42. The van der Waals surface area contributed by atoms with Crippen LogP contribution in [0.1, 0.15) is 5.76 Å². The third-order valence-corrected chi connectivity index (χ3v) is 2.80. The maximum atomic E-state index is 5.28. The molecule has 0 aliphatic heterocycles. The summed E-state index contributed by atoms with van der Waals surface area (Å²) < 4.78 is 5.28. The molecule has 0 saturated heterocycles. The van der Waals surface area contributed by atoms with Crippen LogP contribution in [0.5, 0.6) is 0 Å². The lowest BCUT2D eigenvalue weighted by Crippen LogP contribution is -1.97. The van der Waals surface area contributed by atoms with E-state index in [1.807, 2.05) is 12.1 Å². The molecule has 0 aliphatic rings. The maximum Gasteiger partial charge on any atom is 0.122 e. The summed E-state index contributed by atoms with van der Waals surface area (Å²) in [6, 6.07) is 18.6. The lowest BCUT2D eigenvalue weighted by Gasteiger charge is -2.05. The van der Waals surface area contributed by atoms with Crippen LogP contribution in [-0.2, 0) is 6.54 Å². The number of nitrogens with one attached hydrogen (secondary N) is 1. The Balaban J connectivity index is 1.81. The van der Waals surface area contributed by atoms with Gasteiger partial charge in [-0.15, -0.1) is 0 Å². The van der Waals surface area contributed by atoms with Gasteiger partial charge in [-0.1, -0.05) is 30.3 Å². The quantitative estimate of drug-likeness (QED) is 0.724. The topological polar surface area (TPSA) is 25.2 Å². The van der Waals surface area contributed by atoms with E-state index in [0.717, 1.165) is 11.4 Å². The first-order valence-corrected chi connectivity index (χ1v) is 5.67. The molecular formula is C15H13NO. The minimum absolute atomic E-state index is 0.714. The number of anilines is 1. The van der Waals surface area contributed by atoms with Crippen LogP contribution in [0.2, 0.25) is 0 Å². The van der Waals surface area contributed by atoms with E-state index < -0.39 is 0 Å². The second kappa shape index (κ2) is 4.34. The van der Waals surface area contributed by atoms with Crippen molar-refractivity contribution < 1.29 is 4.42 Å². The van der Waals surface area contributed by atoms with Crippen molar-refractivity contribution in [1.29, 1.82) is 0 Å². The molecule has 0 spiro atoms. The third-order valence-electron chi connectivity index (χ3n) is 2.80. The monoisotopic (exact) mass is 223 g/mol. The Bertz CT molecular complexity index is 614. The molecule has 1 aromatic heterocycles. The molecule has 3 rings (SSSR count). The molecule has 2 nitrogen and oxygen atoms in total. The van der Waals surface area contributed by atoms with E-state index in [9.17, 15) is 0 Å².